The molecule has 0 saturated heterocycles. The summed E-state index contributed by atoms with van der Waals surface area (Å²) in [5.74, 6) is 0.718. The van der Waals surface area contributed by atoms with Crippen LogP contribution in [0, 0.1) is 0 Å². The van der Waals surface area contributed by atoms with Gasteiger partial charge < -0.3 is 4.90 Å². The van der Waals surface area contributed by atoms with Crippen molar-refractivity contribution in [3.05, 3.63) is 40.5 Å². The maximum Gasteiger partial charge on any atom is 0.174 e. The first-order chi connectivity index (χ1) is 9.97. The van der Waals surface area contributed by atoms with Gasteiger partial charge in [-0.25, -0.2) is 0 Å². The lowest BCUT2D eigenvalue weighted by Gasteiger charge is -2.18. The second kappa shape index (κ2) is 9.31. The molecule has 1 aromatic rings. The molecule has 0 radical (unpaired) electrons. The van der Waals surface area contributed by atoms with E-state index in [2.05, 4.69) is 48.5 Å². The Morgan fingerprint density at radius 2 is 2.00 bits per heavy atom. The standard InChI is InChI=1S/C17H24BrNOS/c1-5-19(6-2)11-16(17(20)12-21-13(3)4)14-8-7-9-15(18)10-14/h7-11,13H,5-6,12H2,1-4H3/b16-11-. The molecule has 0 heterocycles. The summed E-state index contributed by atoms with van der Waals surface area (Å²) in [7, 11) is 0. The molecule has 0 aromatic heterocycles. The van der Waals surface area contributed by atoms with Crippen LogP contribution in [0.1, 0.15) is 33.3 Å². The Labute approximate surface area is 141 Å². The molecule has 1 rings (SSSR count). The SMILES string of the molecule is CCN(/C=C(\C(=O)CSC(C)C)c1cccc(Br)c1)CC. The van der Waals surface area contributed by atoms with Crippen LogP contribution in [-0.2, 0) is 4.79 Å². The van der Waals surface area contributed by atoms with Crippen molar-refractivity contribution < 1.29 is 4.79 Å². The van der Waals surface area contributed by atoms with Gasteiger partial charge in [-0.15, -0.1) is 0 Å². The molecule has 0 N–H and O–H groups in total. The van der Waals surface area contributed by atoms with Gasteiger partial charge in [-0.2, -0.15) is 11.8 Å². The Kier molecular flexibility index (Phi) is 8.12. The number of carbonyl (C=O) groups excluding carboxylic acids is 1. The number of nitrogens with zero attached hydrogens (tertiary/aromatic N) is 1. The Bertz CT molecular complexity index is 495. The quantitative estimate of drug-likeness (QED) is 0.611. The Hall–Kier alpha value is -0.740. The molecule has 0 aliphatic heterocycles. The molecular weight excluding hydrogens is 346 g/mol. The van der Waals surface area contributed by atoms with Crippen molar-refractivity contribution in [2.75, 3.05) is 18.8 Å². The first kappa shape index (κ1) is 18.3. The van der Waals surface area contributed by atoms with Crippen LogP contribution in [0.25, 0.3) is 5.57 Å². The number of hydrogen-bond acceptors (Lipinski definition) is 3. The van der Waals surface area contributed by atoms with Gasteiger partial charge in [0.1, 0.15) is 0 Å². The number of rotatable bonds is 8. The average molecular weight is 370 g/mol. The zero-order chi connectivity index (χ0) is 15.8. The predicted octanol–water partition coefficient (Wildman–Crippen LogP) is 4.84. The van der Waals surface area contributed by atoms with Gasteiger partial charge in [-0.05, 0) is 36.8 Å². The first-order valence-corrected chi connectivity index (χ1v) is 9.18. The zero-order valence-electron chi connectivity index (χ0n) is 13.2. The molecule has 0 bridgehead atoms. The summed E-state index contributed by atoms with van der Waals surface area (Å²) in [6.07, 6.45) is 2.00. The van der Waals surface area contributed by atoms with Crippen LogP contribution in [0.3, 0.4) is 0 Å². The lowest BCUT2D eigenvalue weighted by molar-refractivity contribution is -0.111. The smallest absolute Gasteiger partial charge is 0.174 e. The van der Waals surface area contributed by atoms with Gasteiger partial charge >= 0.3 is 0 Å². The lowest BCUT2D eigenvalue weighted by atomic mass is 10.0. The molecule has 0 fully saturated rings. The van der Waals surface area contributed by atoms with Gasteiger partial charge in [-0.3, -0.25) is 4.79 Å². The predicted molar refractivity (Wildman–Crippen MR) is 97.6 cm³/mol. The molecule has 21 heavy (non-hydrogen) atoms. The fraction of sp³-hybridized carbons (Fsp3) is 0.471. The van der Waals surface area contributed by atoms with Gasteiger partial charge in [0.25, 0.3) is 0 Å². The summed E-state index contributed by atoms with van der Waals surface area (Å²) in [4.78, 5) is 14.8. The summed E-state index contributed by atoms with van der Waals surface area (Å²) in [5.41, 5.74) is 1.78. The molecule has 1 aromatic carbocycles. The van der Waals surface area contributed by atoms with Gasteiger partial charge in [0.2, 0.25) is 0 Å². The summed E-state index contributed by atoms with van der Waals surface area (Å²) in [5, 5.41) is 0.464. The third kappa shape index (κ3) is 6.27. The van der Waals surface area contributed by atoms with Crippen LogP contribution < -0.4 is 0 Å². The minimum atomic E-state index is 0.193. The van der Waals surface area contributed by atoms with Crippen LogP contribution in [0.5, 0.6) is 0 Å². The van der Waals surface area contributed by atoms with E-state index in [1.165, 1.54) is 0 Å². The van der Waals surface area contributed by atoms with E-state index in [-0.39, 0.29) is 5.78 Å². The van der Waals surface area contributed by atoms with Crippen molar-refractivity contribution in [1.82, 2.24) is 4.90 Å². The third-order valence-corrected chi connectivity index (χ3v) is 4.70. The van der Waals surface area contributed by atoms with Crippen molar-refractivity contribution >= 4 is 39.0 Å². The molecule has 0 saturated carbocycles. The molecular formula is C17H24BrNOS. The van der Waals surface area contributed by atoms with E-state index >= 15 is 0 Å². The van der Waals surface area contributed by atoms with Crippen LogP contribution >= 0.6 is 27.7 Å². The summed E-state index contributed by atoms with van der Waals surface area (Å²) in [6, 6.07) is 7.95. The highest BCUT2D eigenvalue weighted by molar-refractivity contribution is 9.10. The Morgan fingerprint density at radius 1 is 1.33 bits per heavy atom. The maximum absolute atomic E-state index is 12.6. The fourth-order valence-electron chi connectivity index (χ4n) is 1.87. The van der Waals surface area contributed by atoms with Gasteiger partial charge in [0.15, 0.2) is 5.78 Å². The number of thioether (sulfide) groups is 1. The molecule has 2 nitrogen and oxygen atoms in total. The normalized spacial score (nSPS) is 11.8. The molecule has 0 aliphatic carbocycles. The lowest BCUT2D eigenvalue weighted by Crippen LogP contribution is -2.18. The highest BCUT2D eigenvalue weighted by atomic mass is 79.9. The minimum Gasteiger partial charge on any atom is -0.377 e. The van der Waals surface area contributed by atoms with Crippen LogP contribution in [0.4, 0.5) is 0 Å². The van der Waals surface area contributed by atoms with Crippen molar-refractivity contribution in [2.24, 2.45) is 0 Å². The monoisotopic (exact) mass is 369 g/mol. The van der Waals surface area contributed by atoms with E-state index < -0.39 is 0 Å². The summed E-state index contributed by atoms with van der Waals surface area (Å²) in [6.45, 7) is 10.2. The molecule has 0 atom stereocenters. The van der Waals surface area contributed by atoms with E-state index in [1.54, 1.807) is 11.8 Å². The first-order valence-electron chi connectivity index (χ1n) is 7.34. The maximum atomic E-state index is 12.6. The Balaban J connectivity index is 3.08. The summed E-state index contributed by atoms with van der Waals surface area (Å²) >= 11 is 5.17. The van der Waals surface area contributed by atoms with Crippen LogP contribution in [-0.4, -0.2) is 34.8 Å². The van der Waals surface area contributed by atoms with E-state index in [0.29, 0.717) is 11.0 Å². The number of carbonyl (C=O) groups is 1. The summed E-state index contributed by atoms with van der Waals surface area (Å²) < 4.78 is 0.995. The molecule has 4 heteroatoms. The molecule has 0 aliphatic rings. The second-order valence-corrected chi connectivity index (χ2v) is 7.54. The number of hydrogen-bond donors (Lipinski definition) is 0. The zero-order valence-corrected chi connectivity index (χ0v) is 15.6. The topological polar surface area (TPSA) is 20.3 Å². The van der Waals surface area contributed by atoms with Crippen LogP contribution in [0.2, 0.25) is 0 Å². The average Bonchev–Trinajstić information content (AvgIpc) is 2.46. The van der Waals surface area contributed by atoms with Gasteiger partial charge in [0, 0.05) is 29.3 Å². The molecule has 0 unspecified atom stereocenters. The van der Waals surface area contributed by atoms with E-state index in [0.717, 1.165) is 28.7 Å². The van der Waals surface area contributed by atoms with Crippen molar-refractivity contribution in [3.63, 3.8) is 0 Å². The van der Waals surface area contributed by atoms with Crippen LogP contribution in [0.15, 0.2) is 34.9 Å². The van der Waals surface area contributed by atoms with Crippen molar-refractivity contribution in [3.8, 4) is 0 Å². The highest BCUT2D eigenvalue weighted by Crippen LogP contribution is 2.23. The molecule has 0 amide bonds. The van der Waals surface area contributed by atoms with E-state index in [4.69, 9.17) is 0 Å². The fourth-order valence-corrected chi connectivity index (χ4v) is 2.91. The third-order valence-electron chi connectivity index (χ3n) is 3.11. The second-order valence-electron chi connectivity index (χ2n) is 5.06. The highest BCUT2D eigenvalue weighted by Gasteiger charge is 2.14. The molecule has 0 spiro atoms. The van der Waals surface area contributed by atoms with Crippen molar-refractivity contribution in [2.45, 2.75) is 32.9 Å². The number of Topliss-reactive ketones (excluding diaryl/α,β-unsaturated/α-hetero) is 1. The van der Waals surface area contributed by atoms with Gasteiger partial charge in [0.05, 0.1) is 5.75 Å². The largest absolute Gasteiger partial charge is 0.377 e. The van der Waals surface area contributed by atoms with E-state index in [9.17, 15) is 4.79 Å². The number of ketones is 1. The van der Waals surface area contributed by atoms with Crippen molar-refractivity contribution in [1.29, 1.82) is 0 Å². The number of halogens is 1. The van der Waals surface area contributed by atoms with Gasteiger partial charge in [-0.1, -0.05) is 41.9 Å². The molecule has 116 valence electrons. The number of allylic oxidation sites excluding steroid dienone is 1. The Morgan fingerprint density at radius 3 is 2.52 bits per heavy atom. The van der Waals surface area contributed by atoms with E-state index in [1.807, 2.05) is 30.5 Å². The minimum absolute atomic E-state index is 0.193. The number of benzene rings is 1.